The van der Waals surface area contributed by atoms with E-state index in [1.165, 1.54) is 24.3 Å². The van der Waals surface area contributed by atoms with Crippen molar-refractivity contribution in [3.05, 3.63) is 84.1 Å². The molecule has 2 N–H and O–H groups in total. The third-order valence-corrected chi connectivity index (χ3v) is 8.20. The summed E-state index contributed by atoms with van der Waals surface area (Å²) in [5, 5.41) is 12.9. The van der Waals surface area contributed by atoms with Crippen LogP contribution in [0.3, 0.4) is 0 Å². The van der Waals surface area contributed by atoms with Gasteiger partial charge in [-0.1, -0.05) is 48.5 Å². The number of rotatable bonds is 8. The maximum Gasteiger partial charge on any atom is 0.573 e. The van der Waals surface area contributed by atoms with Gasteiger partial charge in [-0.25, -0.2) is 4.98 Å². The summed E-state index contributed by atoms with van der Waals surface area (Å²) in [6.45, 7) is 3.56. The predicted octanol–water partition coefficient (Wildman–Crippen LogP) is 6.91. The van der Waals surface area contributed by atoms with Gasteiger partial charge in [-0.05, 0) is 86.0 Å². The molecule has 0 bridgehead atoms. The Bertz CT molecular complexity index is 1470. The Morgan fingerprint density at radius 2 is 1.86 bits per heavy atom. The molecule has 2 aromatic carbocycles. The maximum absolute atomic E-state index is 13.5. The second-order valence-electron chi connectivity index (χ2n) is 10.9. The number of halogens is 3. The zero-order valence-corrected chi connectivity index (χ0v) is 23.2. The number of nitrogens with one attached hydrogen (secondary N) is 1. The van der Waals surface area contributed by atoms with E-state index in [2.05, 4.69) is 26.9 Å². The first-order valence-corrected chi connectivity index (χ1v) is 13.9. The number of nitrogens with zero attached hydrogens (tertiary/aromatic N) is 2. The van der Waals surface area contributed by atoms with Gasteiger partial charge in [-0.3, -0.25) is 14.5 Å². The summed E-state index contributed by atoms with van der Waals surface area (Å²) < 4.78 is 41.9. The number of likely N-dealkylation sites (tertiary alicyclic amines) is 1. The molecular formula is C32H32F3N3O4. The van der Waals surface area contributed by atoms with Gasteiger partial charge in [0, 0.05) is 24.3 Å². The average molecular weight is 580 g/mol. The normalized spacial score (nSPS) is 21.0. The summed E-state index contributed by atoms with van der Waals surface area (Å²) in [7, 11) is 0. The molecule has 0 radical (unpaired) electrons. The summed E-state index contributed by atoms with van der Waals surface area (Å²) in [6, 6.07) is 17.3. The van der Waals surface area contributed by atoms with Crippen LogP contribution in [0.25, 0.3) is 16.7 Å². The Morgan fingerprint density at radius 1 is 1.12 bits per heavy atom. The minimum atomic E-state index is -4.79. The van der Waals surface area contributed by atoms with Gasteiger partial charge >= 0.3 is 12.3 Å². The molecule has 2 atom stereocenters. The molecule has 1 saturated heterocycles. The molecule has 220 valence electrons. The quantitative estimate of drug-likeness (QED) is 0.282. The van der Waals surface area contributed by atoms with Gasteiger partial charge in [0.2, 0.25) is 5.91 Å². The molecule has 1 aromatic heterocycles. The van der Waals surface area contributed by atoms with E-state index in [0.29, 0.717) is 30.1 Å². The number of pyridine rings is 1. The van der Waals surface area contributed by atoms with Crippen molar-refractivity contribution in [2.75, 3.05) is 11.9 Å². The maximum atomic E-state index is 13.5. The molecule has 0 spiro atoms. The average Bonchev–Trinajstić information content (AvgIpc) is 3.37. The molecule has 7 nitrogen and oxygen atoms in total. The van der Waals surface area contributed by atoms with E-state index in [1.807, 2.05) is 36.4 Å². The van der Waals surface area contributed by atoms with Crippen LogP contribution in [0, 0.1) is 5.41 Å². The third-order valence-electron chi connectivity index (χ3n) is 8.20. The molecule has 5 rings (SSSR count). The van der Waals surface area contributed by atoms with Gasteiger partial charge < -0.3 is 15.2 Å². The van der Waals surface area contributed by atoms with Crippen LogP contribution in [-0.2, 0) is 16.1 Å². The highest BCUT2D eigenvalue weighted by Crippen LogP contribution is 2.40. The molecular weight excluding hydrogens is 547 g/mol. The minimum absolute atomic E-state index is 0.0565. The highest BCUT2D eigenvalue weighted by molar-refractivity contribution is 6.08. The molecule has 1 aliphatic carbocycles. The van der Waals surface area contributed by atoms with Crippen LogP contribution in [0.4, 0.5) is 19.0 Å². The molecule has 1 amide bonds. The second kappa shape index (κ2) is 12.0. The molecule has 2 aliphatic rings. The van der Waals surface area contributed by atoms with Gasteiger partial charge in [0.25, 0.3) is 0 Å². The smallest absolute Gasteiger partial charge is 0.480 e. The first kappa shape index (κ1) is 29.3. The van der Waals surface area contributed by atoms with Gasteiger partial charge in [0.1, 0.15) is 11.6 Å². The van der Waals surface area contributed by atoms with Crippen molar-refractivity contribution < 1.29 is 32.6 Å². The zero-order chi connectivity index (χ0) is 29.9. The number of carbonyl (C=O) groups excluding carboxylic acids is 1. The molecule has 42 heavy (non-hydrogen) atoms. The Labute approximate surface area is 242 Å². The summed E-state index contributed by atoms with van der Waals surface area (Å²) in [5.74, 6) is -1.92. The molecule has 1 fully saturated rings. The number of hydrogen-bond donors (Lipinski definition) is 2. The van der Waals surface area contributed by atoms with Crippen LogP contribution in [0.5, 0.6) is 5.75 Å². The van der Waals surface area contributed by atoms with Crippen molar-refractivity contribution in [3.8, 4) is 16.9 Å². The first-order chi connectivity index (χ1) is 20.0. The van der Waals surface area contributed by atoms with E-state index in [9.17, 15) is 27.9 Å². The third kappa shape index (κ3) is 6.49. The van der Waals surface area contributed by atoms with Gasteiger partial charge in [0.15, 0.2) is 5.41 Å². The molecule has 1 unspecified atom stereocenters. The summed E-state index contributed by atoms with van der Waals surface area (Å²) in [6.07, 6.45) is 1.36. The van der Waals surface area contributed by atoms with Crippen LogP contribution in [-0.4, -0.2) is 45.8 Å². The minimum Gasteiger partial charge on any atom is -0.480 e. The Hall–Kier alpha value is -4.18. The van der Waals surface area contributed by atoms with Crippen LogP contribution >= 0.6 is 0 Å². The molecule has 2 heterocycles. The van der Waals surface area contributed by atoms with Crippen LogP contribution in [0.15, 0.2) is 72.9 Å². The van der Waals surface area contributed by atoms with Crippen molar-refractivity contribution in [2.24, 2.45) is 5.41 Å². The number of amides is 1. The van der Waals surface area contributed by atoms with Crippen molar-refractivity contribution in [2.45, 2.75) is 58.0 Å². The number of hydrogen-bond acceptors (Lipinski definition) is 5. The standard InChI is InChI=1S/C32H32F3N3O4/c1-21-6-5-17-38(21)20-25-18-28(36-19-27(25)24-9-11-26(12-10-24)42-32(33,34)35)37-29(39)31(30(40)41)15-13-23(14-16-31)22-7-3-2-4-8-22/h2-4,7-13,18-19,21H,5-6,14-17,20H2,1H3,(H,40,41)(H,36,37,39)/t21-,31?/m1/s1. The zero-order valence-electron chi connectivity index (χ0n) is 23.2. The lowest BCUT2D eigenvalue weighted by Gasteiger charge is -2.31. The molecule has 10 heteroatoms. The van der Waals surface area contributed by atoms with Gasteiger partial charge in [-0.2, -0.15) is 0 Å². The van der Waals surface area contributed by atoms with Gasteiger partial charge in [0.05, 0.1) is 0 Å². The largest absolute Gasteiger partial charge is 0.573 e. The lowest BCUT2D eigenvalue weighted by Crippen LogP contribution is -2.44. The van der Waals surface area contributed by atoms with Crippen molar-refractivity contribution in [1.29, 1.82) is 0 Å². The lowest BCUT2D eigenvalue weighted by atomic mass is 9.73. The van der Waals surface area contributed by atoms with E-state index in [-0.39, 0.29) is 24.4 Å². The van der Waals surface area contributed by atoms with E-state index >= 15 is 0 Å². The number of anilines is 1. The fraction of sp³-hybridized carbons (Fsp3) is 0.344. The van der Waals surface area contributed by atoms with Crippen LogP contribution in [0.1, 0.15) is 50.2 Å². The Morgan fingerprint density at radius 3 is 2.45 bits per heavy atom. The number of benzene rings is 2. The number of aliphatic carboxylic acids is 1. The number of alkyl halides is 3. The number of carboxylic acid groups (broad SMARTS) is 1. The lowest BCUT2D eigenvalue weighted by molar-refractivity contribution is -0.274. The molecule has 3 aromatic rings. The fourth-order valence-electron chi connectivity index (χ4n) is 5.74. The van der Waals surface area contributed by atoms with E-state index < -0.39 is 23.7 Å². The number of carboxylic acids is 1. The second-order valence-corrected chi connectivity index (χ2v) is 10.9. The topological polar surface area (TPSA) is 91.8 Å². The highest BCUT2D eigenvalue weighted by Gasteiger charge is 2.47. The SMILES string of the molecule is C[C@@H]1CCCN1Cc1cc(NC(=O)C2(C(=O)O)CC=C(c3ccccc3)CC2)ncc1-c1ccc(OC(F)(F)F)cc1. The van der Waals surface area contributed by atoms with E-state index in [1.54, 1.807) is 12.3 Å². The summed E-state index contributed by atoms with van der Waals surface area (Å²) in [5.41, 5.74) is 2.55. The number of aromatic nitrogens is 1. The van der Waals surface area contributed by atoms with Crippen LogP contribution in [0.2, 0.25) is 0 Å². The summed E-state index contributed by atoms with van der Waals surface area (Å²) in [4.78, 5) is 32.7. The van der Waals surface area contributed by atoms with E-state index in [0.717, 1.165) is 36.1 Å². The van der Waals surface area contributed by atoms with E-state index in [4.69, 9.17) is 0 Å². The molecule has 0 saturated carbocycles. The Kier molecular flexibility index (Phi) is 8.36. The number of allylic oxidation sites excluding steroid dienone is 2. The van der Waals surface area contributed by atoms with Crippen LogP contribution < -0.4 is 10.1 Å². The highest BCUT2D eigenvalue weighted by atomic mass is 19.4. The van der Waals surface area contributed by atoms with Crippen molar-refractivity contribution >= 4 is 23.3 Å². The summed E-state index contributed by atoms with van der Waals surface area (Å²) >= 11 is 0. The predicted molar refractivity (Wildman–Crippen MR) is 152 cm³/mol. The van der Waals surface area contributed by atoms with Gasteiger partial charge in [-0.15, -0.1) is 13.2 Å². The number of ether oxygens (including phenoxy) is 1. The van der Waals surface area contributed by atoms with Crippen molar-refractivity contribution in [3.63, 3.8) is 0 Å². The number of carbonyl (C=O) groups is 2. The Balaban J connectivity index is 1.40. The fourth-order valence-corrected chi connectivity index (χ4v) is 5.74. The first-order valence-electron chi connectivity index (χ1n) is 13.9. The van der Waals surface area contributed by atoms with Crippen molar-refractivity contribution in [1.82, 2.24) is 9.88 Å². The monoisotopic (exact) mass is 579 g/mol. The molecule has 1 aliphatic heterocycles.